The average Bonchev–Trinajstić information content (AvgIpc) is 2.71. The van der Waals surface area contributed by atoms with Crippen LogP contribution in [0.5, 0.6) is 0 Å². The van der Waals surface area contributed by atoms with Gasteiger partial charge in [0.1, 0.15) is 11.9 Å². The number of alkyl halides is 3. The van der Waals surface area contributed by atoms with Gasteiger partial charge in [0.25, 0.3) is 0 Å². The molecule has 1 aromatic carbocycles. The SMILES string of the molecule is CCC(n1nc(-c2ccc(Br)cc2)cc1N)C(F)(F)F. The lowest BCUT2D eigenvalue weighted by Gasteiger charge is -2.20. The first kappa shape index (κ1) is 14.9. The summed E-state index contributed by atoms with van der Waals surface area (Å²) in [5.74, 6) is 0.00657. The predicted molar refractivity (Wildman–Crippen MR) is 75.2 cm³/mol. The summed E-state index contributed by atoms with van der Waals surface area (Å²) in [5.41, 5.74) is 6.82. The highest BCUT2D eigenvalue weighted by molar-refractivity contribution is 9.10. The van der Waals surface area contributed by atoms with E-state index in [-0.39, 0.29) is 12.2 Å². The lowest BCUT2D eigenvalue weighted by Crippen LogP contribution is -2.27. The molecule has 1 atom stereocenters. The summed E-state index contributed by atoms with van der Waals surface area (Å²) in [6, 6.07) is 6.89. The highest BCUT2D eigenvalue weighted by Crippen LogP contribution is 2.35. The zero-order valence-electron chi connectivity index (χ0n) is 10.7. The minimum atomic E-state index is -4.37. The first-order valence-corrected chi connectivity index (χ1v) is 6.80. The summed E-state index contributed by atoms with van der Waals surface area (Å²) < 4.78 is 40.5. The second-order valence-electron chi connectivity index (χ2n) is 4.37. The molecule has 0 fully saturated rings. The number of aromatic nitrogens is 2. The molecule has 0 aliphatic heterocycles. The largest absolute Gasteiger partial charge is 0.410 e. The summed E-state index contributed by atoms with van der Waals surface area (Å²) in [6.07, 6.45) is -4.49. The third-order valence-electron chi connectivity index (χ3n) is 2.96. The molecular formula is C13H13BrF3N3. The Hall–Kier alpha value is -1.50. The molecule has 0 saturated heterocycles. The van der Waals surface area contributed by atoms with E-state index >= 15 is 0 Å². The van der Waals surface area contributed by atoms with Gasteiger partial charge in [-0.2, -0.15) is 18.3 Å². The van der Waals surface area contributed by atoms with Crippen LogP contribution in [0.25, 0.3) is 11.3 Å². The van der Waals surface area contributed by atoms with Crippen LogP contribution >= 0.6 is 15.9 Å². The van der Waals surface area contributed by atoms with Crippen molar-refractivity contribution in [2.45, 2.75) is 25.6 Å². The third kappa shape index (κ3) is 2.98. The molecular weight excluding hydrogens is 335 g/mol. The van der Waals surface area contributed by atoms with Gasteiger partial charge in [-0.3, -0.25) is 0 Å². The summed E-state index contributed by atoms with van der Waals surface area (Å²) >= 11 is 3.30. The first-order valence-electron chi connectivity index (χ1n) is 6.00. The molecule has 0 spiro atoms. The Morgan fingerprint density at radius 2 is 1.90 bits per heavy atom. The van der Waals surface area contributed by atoms with Crippen LogP contribution in [-0.4, -0.2) is 16.0 Å². The predicted octanol–water partition coefficient (Wildman–Crippen LogP) is 4.41. The molecule has 0 amide bonds. The highest BCUT2D eigenvalue weighted by Gasteiger charge is 2.41. The van der Waals surface area contributed by atoms with Crippen molar-refractivity contribution in [2.75, 3.05) is 5.73 Å². The molecule has 0 aliphatic rings. The van der Waals surface area contributed by atoms with Gasteiger partial charge in [0, 0.05) is 16.1 Å². The Bertz CT molecular complexity index is 590. The second-order valence-corrected chi connectivity index (χ2v) is 5.29. The third-order valence-corrected chi connectivity index (χ3v) is 3.49. The molecule has 0 saturated carbocycles. The Labute approximate surface area is 122 Å². The Morgan fingerprint density at radius 1 is 1.30 bits per heavy atom. The zero-order chi connectivity index (χ0) is 14.9. The normalized spacial score (nSPS) is 13.4. The Balaban J connectivity index is 2.41. The number of nitrogen functional groups attached to an aromatic ring is 1. The first-order chi connectivity index (χ1) is 9.32. The van der Waals surface area contributed by atoms with Gasteiger partial charge in [0.15, 0.2) is 0 Å². The Morgan fingerprint density at radius 3 is 2.40 bits per heavy atom. The van der Waals surface area contributed by atoms with Gasteiger partial charge >= 0.3 is 6.18 Å². The molecule has 1 aromatic heterocycles. The minimum absolute atomic E-state index is 0.00657. The standard InChI is InChI=1S/C13H13BrF3N3/c1-2-11(13(15,16)17)20-12(18)7-10(19-20)8-3-5-9(14)6-4-8/h3-7,11H,2,18H2,1H3. The monoisotopic (exact) mass is 347 g/mol. The highest BCUT2D eigenvalue weighted by atomic mass is 79.9. The van der Waals surface area contributed by atoms with Gasteiger partial charge in [-0.1, -0.05) is 35.0 Å². The van der Waals surface area contributed by atoms with E-state index in [4.69, 9.17) is 5.73 Å². The van der Waals surface area contributed by atoms with Crippen LogP contribution < -0.4 is 5.73 Å². The second kappa shape index (κ2) is 5.47. The van der Waals surface area contributed by atoms with Gasteiger partial charge in [-0.15, -0.1) is 0 Å². The number of hydrogen-bond acceptors (Lipinski definition) is 2. The van der Waals surface area contributed by atoms with Crippen molar-refractivity contribution >= 4 is 21.7 Å². The quantitative estimate of drug-likeness (QED) is 0.893. The molecule has 20 heavy (non-hydrogen) atoms. The maximum atomic E-state index is 12.9. The molecule has 2 rings (SSSR count). The number of hydrogen-bond donors (Lipinski definition) is 1. The van der Waals surface area contributed by atoms with Gasteiger partial charge < -0.3 is 5.73 Å². The number of rotatable bonds is 3. The van der Waals surface area contributed by atoms with Crippen LogP contribution in [0, 0.1) is 0 Å². The van der Waals surface area contributed by atoms with Gasteiger partial charge in [-0.25, -0.2) is 4.68 Å². The van der Waals surface area contributed by atoms with Crippen LogP contribution in [-0.2, 0) is 0 Å². The summed E-state index contributed by atoms with van der Waals surface area (Å²) in [7, 11) is 0. The fourth-order valence-electron chi connectivity index (χ4n) is 1.96. The van der Waals surface area contributed by atoms with E-state index in [9.17, 15) is 13.2 Å². The van der Waals surface area contributed by atoms with Crippen molar-refractivity contribution in [3.05, 3.63) is 34.8 Å². The van der Waals surface area contributed by atoms with E-state index in [1.807, 2.05) is 0 Å². The number of halogens is 4. The van der Waals surface area contributed by atoms with E-state index in [0.717, 1.165) is 14.7 Å². The Kier molecular flexibility index (Phi) is 4.08. The smallest absolute Gasteiger partial charge is 0.384 e. The summed E-state index contributed by atoms with van der Waals surface area (Å²) in [6.45, 7) is 1.46. The van der Waals surface area contributed by atoms with E-state index < -0.39 is 12.2 Å². The number of nitrogens with two attached hydrogens (primary N) is 1. The maximum Gasteiger partial charge on any atom is 0.410 e. The van der Waals surface area contributed by atoms with Crippen molar-refractivity contribution in [3.63, 3.8) is 0 Å². The summed E-state index contributed by atoms with van der Waals surface area (Å²) in [4.78, 5) is 0. The lowest BCUT2D eigenvalue weighted by atomic mass is 10.2. The number of nitrogens with zero attached hydrogens (tertiary/aromatic N) is 2. The van der Waals surface area contributed by atoms with Crippen LogP contribution in [0.2, 0.25) is 0 Å². The summed E-state index contributed by atoms with van der Waals surface area (Å²) in [5, 5.41) is 4.00. The van der Waals surface area contributed by atoms with Gasteiger partial charge in [0.05, 0.1) is 5.69 Å². The fourth-order valence-corrected chi connectivity index (χ4v) is 2.23. The van der Waals surface area contributed by atoms with Crippen LogP contribution in [0.3, 0.4) is 0 Å². The number of anilines is 1. The van der Waals surface area contributed by atoms with E-state index in [0.29, 0.717) is 5.69 Å². The molecule has 2 aromatic rings. The van der Waals surface area contributed by atoms with Gasteiger partial charge in [0.2, 0.25) is 0 Å². The van der Waals surface area contributed by atoms with Crippen LogP contribution in [0.15, 0.2) is 34.8 Å². The molecule has 0 bridgehead atoms. The molecule has 2 N–H and O–H groups in total. The number of benzene rings is 1. The van der Waals surface area contributed by atoms with Crippen LogP contribution in [0.1, 0.15) is 19.4 Å². The van der Waals surface area contributed by atoms with E-state index in [1.54, 1.807) is 24.3 Å². The van der Waals surface area contributed by atoms with Crippen molar-refractivity contribution in [3.8, 4) is 11.3 Å². The zero-order valence-corrected chi connectivity index (χ0v) is 12.2. The van der Waals surface area contributed by atoms with Crippen LogP contribution in [0.4, 0.5) is 19.0 Å². The average molecular weight is 348 g/mol. The molecule has 0 aliphatic carbocycles. The van der Waals surface area contributed by atoms with Crippen molar-refractivity contribution in [1.29, 1.82) is 0 Å². The molecule has 0 radical (unpaired) electrons. The van der Waals surface area contributed by atoms with Gasteiger partial charge in [-0.05, 0) is 18.6 Å². The van der Waals surface area contributed by atoms with E-state index in [2.05, 4.69) is 21.0 Å². The molecule has 1 heterocycles. The fraction of sp³-hybridized carbons (Fsp3) is 0.308. The molecule has 108 valence electrons. The lowest BCUT2D eigenvalue weighted by molar-refractivity contribution is -0.170. The molecule has 7 heteroatoms. The maximum absolute atomic E-state index is 12.9. The molecule has 3 nitrogen and oxygen atoms in total. The molecule has 1 unspecified atom stereocenters. The van der Waals surface area contributed by atoms with Crippen molar-refractivity contribution in [2.24, 2.45) is 0 Å². The van der Waals surface area contributed by atoms with Crippen molar-refractivity contribution < 1.29 is 13.2 Å². The topological polar surface area (TPSA) is 43.8 Å². The van der Waals surface area contributed by atoms with Crippen molar-refractivity contribution in [1.82, 2.24) is 9.78 Å². The minimum Gasteiger partial charge on any atom is -0.384 e. The van der Waals surface area contributed by atoms with E-state index in [1.165, 1.54) is 13.0 Å².